The van der Waals surface area contributed by atoms with E-state index in [-0.39, 0.29) is 24.2 Å². The average Bonchev–Trinajstić information content (AvgIpc) is 2.42. The van der Waals surface area contributed by atoms with Gasteiger partial charge in [0.25, 0.3) is 0 Å². The van der Waals surface area contributed by atoms with Crippen LogP contribution in [0.5, 0.6) is 0 Å². The molecule has 0 fully saturated rings. The number of ketones is 1. The van der Waals surface area contributed by atoms with Gasteiger partial charge < -0.3 is 10.2 Å². The summed E-state index contributed by atoms with van der Waals surface area (Å²) in [5.74, 6) is -0.544. The van der Waals surface area contributed by atoms with Crippen LogP contribution in [0.1, 0.15) is 43.4 Å². The molecule has 0 aliphatic rings. The number of benzene rings is 1. The highest BCUT2D eigenvalue weighted by molar-refractivity contribution is 5.78. The molecule has 0 bridgehead atoms. The minimum absolute atomic E-state index is 0.0103. The molecule has 0 saturated heterocycles. The topological polar surface area (TPSA) is 57.5 Å². The summed E-state index contributed by atoms with van der Waals surface area (Å²) in [4.78, 5) is 11.4. The number of hydrogen-bond acceptors (Lipinski definition) is 3. The second-order valence-electron chi connectivity index (χ2n) is 5.40. The van der Waals surface area contributed by atoms with Gasteiger partial charge in [-0.2, -0.15) is 0 Å². The Hall–Kier alpha value is -1.45. The van der Waals surface area contributed by atoms with Crippen LogP contribution in [0, 0.1) is 12.8 Å². The molecule has 0 spiro atoms. The fourth-order valence-electron chi connectivity index (χ4n) is 2.29. The van der Waals surface area contributed by atoms with Gasteiger partial charge in [-0.05, 0) is 25.0 Å². The van der Waals surface area contributed by atoms with Crippen molar-refractivity contribution in [3.63, 3.8) is 0 Å². The maximum Gasteiger partial charge on any atom is 0.135 e. The summed E-state index contributed by atoms with van der Waals surface area (Å²) in [7, 11) is 0. The lowest BCUT2D eigenvalue weighted by Crippen LogP contribution is -2.29. The Morgan fingerprint density at radius 1 is 1.35 bits per heavy atom. The van der Waals surface area contributed by atoms with Crippen LogP contribution in [-0.4, -0.2) is 28.7 Å². The van der Waals surface area contributed by atoms with E-state index >= 15 is 0 Å². The van der Waals surface area contributed by atoms with Gasteiger partial charge in [0.1, 0.15) is 5.78 Å². The molecule has 0 unspecified atom stereocenters. The van der Waals surface area contributed by atoms with Crippen molar-refractivity contribution in [2.24, 2.45) is 5.92 Å². The van der Waals surface area contributed by atoms with E-state index in [0.717, 1.165) is 16.7 Å². The van der Waals surface area contributed by atoms with E-state index in [1.165, 1.54) is 6.92 Å². The molecule has 3 atom stereocenters. The number of aliphatic hydroxyl groups excluding tert-OH is 2. The molecule has 0 radical (unpaired) electrons. The van der Waals surface area contributed by atoms with Crippen LogP contribution < -0.4 is 0 Å². The number of rotatable bonds is 6. The van der Waals surface area contributed by atoms with Crippen molar-refractivity contribution in [3.8, 4) is 0 Å². The molecule has 1 rings (SSSR count). The van der Waals surface area contributed by atoms with Crippen LogP contribution >= 0.6 is 0 Å². The molecule has 0 aromatic heterocycles. The minimum Gasteiger partial charge on any atom is -0.392 e. The van der Waals surface area contributed by atoms with E-state index in [9.17, 15) is 9.90 Å². The van der Waals surface area contributed by atoms with Gasteiger partial charge in [0.2, 0.25) is 0 Å². The molecule has 0 aliphatic heterocycles. The Balaban J connectivity index is 3.11. The van der Waals surface area contributed by atoms with E-state index in [1.807, 2.05) is 38.1 Å². The fraction of sp³-hybridized carbons (Fsp3) is 0.471. The highest BCUT2D eigenvalue weighted by Crippen LogP contribution is 2.28. The van der Waals surface area contributed by atoms with Gasteiger partial charge in [-0.3, -0.25) is 4.79 Å². The summed E-state index contributed by atoms with van der Waals surface area (Å²) >= 11 is 0. The van der Waals surface area contributed by atoms with Gasteiger partial charge in [-0.15, -0.1) is 0 Å². The largest absolute Gasteiger partial charge is 0.392 e. The molecule has 20 heavy (non-hydrogen) atoms. The Morgan fingerprint density at radius 3 is 2.55 bits per heavy atom. The van der Waals surface area contributed by atoms with Gasteiger partial charge in [-0.1, -0.05) is 49.8 Å². The van der Waals surface area contributed by atoms with E-state index in [2.05, 4.69) is 0 Å². The van der Waals surface area contributed by atoms with E-state index in [4.69, 9.17) is 5.11 Å². The smallest absolute Gasteiger partial charge is 0.135 e. The maximum atomic E-state index is 11.4. The predicted octanol–water partition coefficient (Wildman–Crippen LogP) is 2.69. The number of aliphatic hydroxyl groups is 2. The van der Waals surface area contributed by atoms with E-state index < -0.39 is 6.10 Å². The SMILES string of the molecule is CC(=O)[C@H](C)[C@H](O)[C@@H](C)c1ccc(C)cc1/C=C/CO. The molecular formula is C17H24O3. The van der Waals surface area contributed by atoms with Crippen molar-refractivity contribution < 1.29 is 15.0 Å². The van der Waals surface area contributed by atoms with Gasteiger partial charge in [0.15, 0.2) is 0 Å². The first-order valence-corrected chi connectivity index (χ1v) is 6.95. The zero-order valence-corrected chi connectivity index (χ0v) is 12.6. The first kappa shape index (κ1) is 16.6. The molecule has 110 valence electrons. The molecular weight excluding hydrogens is 252 g/mol. The lowest BCUT2D eigenvalue weighted by atomic mass is 9.83. The molecule has 1 aromatic rings. The minimum atomic E-state index is -0.712. The van der Waals surface area contributed by atoms with E-state index in [0.29, 0.717) is 0 Å². The molecule has 0 heterocycles. The molecule has 3 heteroatoms. The van der Waals surface area contributed by atoms with Crippen LogP contribution in [0.15, 0.2) is 24.3 Å². The Kier molecular flexibility index (Phi) is 6.11. The van der Waals surface area contributed by atoms with Gasteiger partial charge in [-0.25, -0.2) is 0 Å². The Bertz CT molecular complexity index is 491. The third kappa shape index (κ3) is 4.02. The number of Topliss-reactive ketones (excluding diaryl/α,β-unsaturated/α-hetero) is 1. The summed E-state index contributed by atoms with van der Waals surface area (Å²) in [5.41, 5.74) is 3.08. The van der Waals surface area contributed by atoms with Gasteiger partial charge >= 0.3 is 0 Å². The summed E-state index contributed by atoms with van der Waals surface area (Å²) in [5, 5.41) is 19.3. The Morgan fingerprint density at radius 2 is 2.00 bits per heavy atom. The van der Waals surface area contributed by atoms with Crippen molar-refractivity contribution in [2.75, 3.05) is 6.61 Å². The molecule has 0 saturated carbocycles. The average molecular weight is 276 g/mol. The third-order valence-corrected chi connectivity index (χ3v) is 3.80. The molecule has 0 amide bonds. The lowest BCUT2D eigenvalue weighted by Gasteiger charge is -2.25. The number of hydrogen-bond donors (Lipinski definition) is 2. The van der Waals surface area contributed by atoms with E-state index in [1.54, 1.807) is 13.0 Å². The summed E-state index contributed by atoms with van der Waals surface area (Å²) in [6.07, 6.45) is 2.81. The monoisotopic (exact) mass is 276 g/mol. The summed E-state index contributed by atoms with van der Waals surface area (Å²) in [6.45, 7) is 7.15. The Labute approximate surface area is 121 Å². The molecule has 1 aromatic carbocycles. The second kappa shape index (κ2) is 7.36. The zero-order chi connectivity index (χ0) is 15.3. The fourth-order valence-corrected chi connectivity index (χ4v) is 2.29. The van der Waals surface area contributed by atoms with Gasteiger partial charge in [0.05, 0.1) is 12.7 Å². The first-order chi connectivity index (χ1) is 9.38. The lowest BCUT2D eigenvalue weighted by molar-refractivity contribution is -0.123. The molecule has 0 aliphatic carbocycles. The van der Waals surface area contributed by atoms with Crippen LogP contribution in [0.3, 0.4) is 0 Å². The third-order valence-electron chi connectivity index (χ3n) is 3.80. The van der Waals surface area contributed by atoms with Crippen LogP contribution in [0.25, 0.3) is 6.08 Å². The summed E-state index contributed by atoms with van der Waals surface area (Å²) in [6, 6.07) is 5.99. The van der Waals surface area contributed by atoms with Crippen molar-refractivity contribution in [1.29, 1.82) is 0 Å². The van der Waals surface area contributed by atoms with Crippen LogP contribution in [0.4, 0.5) is 0 Å². The second-order valence-corrected chi connectivity index (χ2v) is 5.40. The zero-order valence-electron chi connectivity index (χ0n) is 12.6. The quantitative estimate of drug-likeness (QED) is 0.840. The normalized spacial score (nSPS) is 16.1. The molecule has 3 nitrogen and oxygen atoms in total. The first-order valence-electron chi connectivity index (χ1n) is 6.95. The van der Waals surface area contributed by atoms with Crippen LogP contribution in [0.2, 0.25) is 0 Å². The van der Waals surface area contributed by atoms with Gasteiger partial charge in [0, 0.05) is 11.8 Å². The van der Waals surface area contributed by atoms with Crippen molar-refractivity contribution in [3.05, 3.63) is 41.0 Å². The number of carbonyl (C=O) groups is 1. The maximum absolute atomic E-state index is 11.4. The van der Waals surface area contributed by atoms with Crippen molar-refractivity contribution in [1.82, 2.24) is 0 Å². The number of aryl methyl sites for hydroxylation is 1. The van der Waals surface area contributed by atoms with Crippen LogP contribution in [-0.2, 0) is 4.79 Å². The van der Waals surface area contributed by atoms with Crippen molar-refractivity contribution >= 4 is 11.9 Å². The predicted molar refractivity (Wildman–Crippen MR) is 81.6 cm³/mol. The highest BCUT2D eigenvalue weighted by Gasteiger charge is 2.26. The number of carbonyl (C=O) groups excluding carboxylic acids is 1. The summed E-state index contributed by atoms with van der Waals surface area (Å²) < 4.78 is 0. The molecule has 2 N–H and O–H groups in total. The van der Waals surface area contributed by atoms with Crippen molar-refractivity contribution in [2.45, 2.75) is 39.7 Å². The highest BCUT2D eigenvalue weighted by atomic mass is 16.3. The standard InChI is InChI=1S/C17H24O3/c1-11-7-8-16(15(10-11)6-5-9-18)13(3)17(20)12(2)14(4)19/h5-8,10,12-13,17-18,20H,9H2,1-4H3/b6-5+/t12-,13-,17-/m0/s1.